The van der Waals surface area contributed by atoms with Crippen molar-refractivity contribution < 1.29 is 9.18 Å². The van der Waals surface area contributed by atoms with Gasteiger partial charge in [0.05, 0.1) is 5.56 Å². The van der Waals surface area contributed by atoms with E-state index in [9.17, 15) is 14.0 Å². The third-order valence-electron chi connectivity index (χ3n) is 2.83. The predicted octanol–water partition coefficient (Wildman–Crippen LogP) is 2.44. The summed E-state index contributed by atoms with van der Waals surface area (Å²) in [7, 11) is 1.54. The molecule has 0 bridgehead atoms. The number of aromatic amines is 1. The molecule has 1 N–H and O–H groups in total. The number of rotatable bonds is 3. The summed E-state index contributed by atoms with van der Waals surface area (Å²) in [6, 6.07) is 7.04. The van der Waals surface area contributed by atoms with Crippen LogP contribution in [0.4, 0.5) is 4.39 Å². The standard InChI is InChI=1S/C14H12ClFN2O2/c1-18(8-10-11(15)3-2-4-12(10)16)14(20)9-5-6-13(19)17-7-9/h2-7H,8H2,1H3,(H,17,19). The van der Waals surface area contributed by atoms with Gasteiger partial charge in [0.15, 0.2) is 0 Å². The molecule has 0 aliphatic carbocycles. The van der Waals surface area contributed by atoms with Gasteiger partial charge >= 0.3 is 0 Å². The van der Waals surface area contributed by atoms with E-state index >= 15 is 0 Å². The molecule has 1 aromatic carbocycles. The molecule has 0 aliphatic heterocycles. The van der Waals surface area contributed by atoms with E-state index in [2.05, 4.69) is 4.98 Å². The Morgan fingerprint density at radius 3 is 2.70 bits per heavy atom. The monoisotopic (exact) mass is 294 g/mol. The SMILES string of the molecule is CN(Cc1c(F)cccc1Cl)C(=O)c1ccc(=O)[nH]c1. The zero-order valence-corrected chi connectivity index (χ0v) is 11.4. The second-order valence-electron chi connectivity index (χ2n) is 4.30. The molecule has 0 saturated carbocycles. The third-order valence-corrected chi connectivity index (χ3v) is 3.19. The van der Waals surface area contributed by atoms with Crippen LogP contribution in [0.25, 0.3) is 0 Å². The molecule has 0 atom stereocenters. The van der Waals surface area contributed by atoms with Crippen molar-refractivity contribution in [2.75, 3.05) is 7.05 Å². The first-order valence-electron chi connectivity index (χ1n) is 5.86. The first-order chi connectivity index (χ1) is 9.49. The third kappa shape index (κ3) is 3.05. The first-order valence-corrected chi connectivity index (χ1v) is 6.24. The molecule has 0 fully saturated rings. The van der Waals surface area contributed by atoms with Crippen LogP contribution in [0.1, 0.15) is 15.9 Å². The van der Waals surface area contributed by atoms with Crippen LogP contribution in [0, 0.1) is 5.82 Å². The van der Waals surface area contributed by atoms with Crippen molar-refractivity contribution in [2.24, 2.45) is 0 Å². The average molecular weight is 295 g/mol. The number of amides is 1. The average Bonchev–Trinajstić information content (AvgIpc) is 2.43. The number of carbonyl (C=O) groups is 1. The van der Waals surface area contributed by atoms with E-state index in [-0.39, 0.29) is 28.6 Å². The zero-order chi connectivity index (χ0) is 14.7. The lowest BCUT2D eigenvalue weighted by atomic mass is 10.2. The summed E-state index contributed by atoms with van der Waals surface area (Å²) in [4.78, 5) is 26.8. The van der Waals surface area contributed by atoms with Crippen molar-refractivity contribution in [3.63, 3.8) is 0 Å². The second-order valence-corrected chi connectivity index (χ2v) is 4.71. The molecule has 0 radical (unpaired) electrons. The molecule has 1 heterocycles. The van der Waals surface area contributed by atoms with Gasteiger partial charge in [0.1, 0.15) is 5.82 Å². The summed E-state index contributed by atoms with van der Waals surface area (Å²) in [5.74, 6) is -0.792. The molecule has 20 heavy (non-hydrogen) atoms. The van der Waals surface area contributed by atoms with Gasteiger partial charge in [0.25, 0.3) is 5.91 Å². The molecule has 6 heteroatoms. The van der Waals surface area contributed by atoms with E-state index in [1.807, 2.05) is 0 Å². The van der Waals surface area contributed by atoms with Crippen LogP contribution in [0.5, 0.6) is 0 Å². The highest BCUT2D eigenvalue weighted by molar-refractivity contribution is 6.31. The van der Waals surface area contributed by atoms with Crippen molar-refractivity contribution in [2.45, 2.75) is 6.54 Å². The van der Waals surface area contributed by atoms with Gasteiger partial charge < -0.3 is 9.88 Å². The number of halogens is 2. The number of aromatic nitrogens is 1. The topological polar surface area (TPSA) is 53.2 Å². The minimum atomic E-state index is -0.460. The predicted molar refractivity (Wildman–Crippen MR) is 74.3 cm³/mol. The van der Waals surface area contributed by atoms with Gasteiger partial charge in [-0.1, -0.05) is 17.7 Å². The number of pyridine rings is 1. The van der Waals surface area contributed by atoms with Gasteiger partial charge in [0, 0.05) is 36.4 Å². The fourth-order valence-corrected chi connectivity index (χ4v) is 1.98. The van der Waals surface area contributed by atoms with Gasteiger partial charge in [-0.3, -0.25) is 9.59 Å². The molecule has 1 aromatic heterocycles. The highest BCUT2D eigenvalue weighted by Crippen LogP contribution is 2.20. The summed E-state index contributed by atoms with van der Waals surface area (Å²) >= 11 is 5.92. The highest BCUT2D eigenvalue weighted by atomic mass is 35.5. The Bertz CT molecular complexity index is 659. The van der Waals surface area contributed by atoms with E-state index in [0.29, 0.717) is 5.56 Å². The largest absolute Gasteiger partial charge is 0.337 e. The van der Waals surface area contributed by atoms with E-state index in [0.717, 1.165) is 0 Å². The molecule has 0 unspecified atom stereocenters. The maximum atomic E-state index is 13.7. The Kier molecular flexibility index (Phi) is 4.20. The van der Waals surface area contributed by atoms with Crippen LogP contribution in [0.2, 0.25) is 5.02 Å². The molecule has 104 valence electrons. The van der Waals surface area contributed by atoms with Crippen molar-refractivity contribution in [1.29, 1.82) is 0 Å². The number of H-pyrrole nitrogens is 1. The molecular formula is C14H12ClFN2O2. The van der Waals surface area contributed by atoms with Crippen LogP contribution in [0.15, 0.2) is 41.3 Å². The number of nitrogens with zero attached hydrogens (tertiary/aromatic N) is 1. The Labute approximate surface area is 119 Å². The normalized spacial score (nSPS) is 10.3. The fraction of sp³-hybridized carbons (Fsp3) is 0.143. The van der Waals surface area contributed by atoms with E-state index < -0.39 is 5.82 Å². The maximum absolute atomic E-state index is 13.7. The Hall–Kier alpha value is -2.14. The van der Waals surface area contributed by atoms with Gasteiger partial charge in [-0.15, -0.1) is 0 Å². The summed E-state index contributed by atoms with van der Waals surface area (Å²) in [5.41, 5.74) is 0.287. The Balaban J connectivity index is 2.19. The number of hydrogen-bond donors (Lipinski definition) is 1. The van der Waals surface area contributed by atoms with E-state index in [4.69, 9.17) is 11.6 Å². The summed E-state index contributed by atoms with van der Waals surface area (Å²) in [6.45, 7) is 0.0451. The summed E-state index contributed by atoms with van der Waals surface area (Å²) in [6.07, 6.45) is 1.32. The van der Waals surface area contributed by atoms with Crippen molar-refractivity contribution in [1.82, 2.24) is 9.88 Å². The van der Waals surface area contributed by atoms with Crippen LogP contribution >= 0.6 is 11.6 Å². The lowest BCUT2D eigenvalue weighted by Gasteiger charge is -2.18. The molecule has 2 rings (SSSR count). The molecule has 0 aliphatic rings. The smallest absolute Gasteiger partial charge is 0.255 e. The molecule has 1 amide bonds. The van der Waals surface area contributed by atoms with E-state index in [1.54, 1.807) is 6.07 Å². The number of hydrogen-bond acceptors (Lipinski definition) is 2. The maximum Gasteiger partial charge on any atom is 0.255 e. The molecular weight excluding hydrogens is 283 g/mol. The van der Waals surface area contributed by atoms with Crippen LogP contribution in [-0.4, -0.2) is 22.8 Å². The first kappa shape index (κ1) is 14.3. The van der Waals surface area contributed by atoms with Crippen LogP contribution in [0.3, 0.4) is 0 Å². The highest BCUT2D eigenvalue weighted by Gasteiger charge is 2.15. The minimum Gasteiger partial charge on any atom is -0.337 e. The van der Waals surface area contributed by atoms with Crippen molar-refractivity contribution in [3.05, 3.63) is 68.8 Å². The number of carbonyl (C=O) groups excluding carboxylic acids is 1. The second kappa shape index (κ2) is 5.88. The lowest BCUT2D eigenvalue weighted by Crippen LogP contribution is -2.27. The van der Waals surface area contributed by atoms with Gasteiger partial charge in [-0.25, -0.2) is 4.39 Å². The van der Waals surface area contributed by atoms with Crippen molar-refractivity contribution in [3.8, 4) is 0 Å². The molecule has 0 saturated heterocycles. The van der Waals surface area contributed by atoms with Crippen LogP contribution < -0.4 is 5.56 Å². The molecule has 4 nitrogen and oxygen atoms in total. The van der Waals surface area contributed by atoms with Crippen LogP contribution in [-0.2, 0) is 6.54 Å². The zero-order valence-electron chi connectivity index (χ0n) is 10.7. The fourth-order valence-electron chi connectivity index (χ4n) is 1.76. The number of nitrogens with one attached hydrogen (secondary N) is 1. The number of benzene rings is 1. The Morgan fingerprint density at radius 1 is 1.35 bits per heavy atom. The van der Waals surface area contributed by atoms with Gasteiger partial charge in [-0.05, 0) is 18.2 Å². The Morgan fingerprint density at radius 2 is 2.10 bits per heavy atom. The molecule has 2 aromatic rings. The van der Waals surface area contributed by atoms with E-state index in [1.165, 1.54) is 42.4 Å². The van der Waals surface area contributed by atoms with Gasteiger partial charge in [-0.2, -0.15) is 0 Å². The lowest BCUT2D eigenvalue weighted by molar-refractivity contribution is 0.0783. The quantitative estimate of drug-likeness (QED) is 0.945. The summed E-state index contributed by atoms with van der Waals surface area (Å²) < 4.78 is 13.7. The minimum absolute atomic E-state index is 0.0451. The summed E-state index contributed by atoms with van der Waals surface area (Å²) in [5, 5.41) is 0.270. The molecule has 0 spiro atoms. The van der Waals surface area contributed by atoms with Crippen molar-refractivity contribution >= 4 is 17.5 Å². The van der Waals surface area contributed by atoms with Gasteiger partial charge in [0.2, 0.25) is 5.56 Å².